The average molecular weight is 287 g/mol. The zero-order chi connectivity index (χ0) is 15.9. The number of rotatable bonds is 7. The highest BCUT2D eigenvalue weighted by Crippen LogP contribution is 2.28. The Morgan fingerprint density at radius 2 is 1.95 bits per heavy atom. The number of hydrogen-bond donors (Lipinski definition) is 0. The highest BCUT2D eigenvalue weighted by molar-refractivity contribution is 5.82. The van der Waals surface area contributed by atoms with Gasteiger partial charge in [0, 0.05) is 12.8 Å². The van der Waals surface area contributed by atoms with E-state index in [0.717, 1.165) is 5.56 Å². The Morgan fingerprint density at radius 1 is 1.33 bits per heavy atom. The average Bonchev–Trinajstić information content (AvgIpc) is 2.52. The molecule has 0 bridgehead atoms. The van der Waals surface area contributed by atoms with Crippen molar-refractivity contribution in [2.75, 3.05) is 0 Å². The van der Waals surface area contributed by atoms with Crippen LogP contribution in [-0.2, 0) is 14.3 Å². The molecule has 1 aromatic carbocycles. The van der Waals surface area contributed by atoms with E-state index in [1.165, 1.54) is 6.92 Å². The summed E-state index contributed by atoms with van der Waals surface area (Å²) < 4.78 is 5.39. The summed E-state index contributed by atoms with van der Waals surface area (Å²) in [6, 6.07) is 11.3. The van der Waals surface area contributed by atoms with Crippen molar-refractivity contribution in [2.24, 2.45) is 5.41 Å². The summed E-state index contributed by atoms with van der Waals surface area (Å²) in [5.74, 6) is -0.536. The summed E-state index contributed by atoms with van der Waals surface area (Å²) in [7, 11) is 0. The van der Waals surface area contributed by atoms with Gasteiger partial charge in [0.25, 0.3) is 0 Å². The fraction of sp³-hybridized carbons (Fsp3) is 0.471. The van der Waals surface area contributed by atoms with Gasteiger partial charge in [-0.05, 0) is 25.8 Å². The lowest BCUT2D eigenvalue weighted by Gasteiger charge is -2.22. The topological polar surface area (TPSA) is 67.2 Å². The summed E-state index contributed by atoms with van der Waals surface area (Å²) in [5.41, 5.74) is -0.413. The molecular weight excluding hydrogens is 266 g/mol. The molecule has 4 heteroatoms. The molecule has 0 aliphatic carbocycles. The van der Waals surface area contributed by atoms with E-state index in [2.05, 4.69) is 0 Å². The highest BCUT2D eigenvalue weighted by atomic mass is 16.5. The van der Waals surface area contributed by atoms with E-state index in [1.54, 1.807) is 13.8 Å². The van der Waals surface area contributed by atoms with Crippen LogP contribution in [0.3, 0.4) is 0 Å². The first kappa shape index (κ1) is 16.9. The Morgan fingerprint density at radius 3 is 2.48 bits per heavy atom. The molecule has 0 aliphatic heterocycles. The normalized spacial score (nSPS) is 14.6. The van der Waals surface area contributed by atoms with E-state index in [0.29, 0.717) is 6.42 Å². The van der Waals surface area contributed by atoms with Crippen molar-refractivity contribution in [1.82, 2.24) is 0 Å². The zero-order valence-corrected chi connectivity index (χ0v) is 12.8. The lowest BCUT2D eigenvalue weighted by molar-refractivity contribution is -0.157. The van der Waals surface area contributed by atoms with Crippen LogP contribution in [0, 0.1) is 16.7 Å². The first-order valence-electron chi connectivity index (χ1n) is 7.12. The molecule has 0 saturated carbocycles. The molecule has 0 N–H and O–H groups in total. The maximum absolute atomic E-state index is 12.2. The summed E-state index contributed by atoms with van der Waals surface area (Å²) in [6.07, 6.45) is 0.399. The van der Waals surface area contributed by atoms with E-state index in [-0.39, 0.29) is 18.6 Å². The SMILES string of the molecule is CCC(=O)CCC(C)(C#N)C(=O)O[C@H](C)c1ccccc1. The van der Waals surface area contributed by atoms with Crippen LogP contribution in [0.1, 0.15) is 51.7 Å². The van der Waals surface area contributed by atoms with Crippen LogP contribution in [-0.4, -0.2) is 11.8 Å². The van der Waals surface area contributed by atoms with Gasteiger partial charge in [0.1, 0.15) is 11.9 Å². The Hall–Kier alpha value is -2.15. The number of Topliss-reactive ketones (excluding diaryl/α,β-unsaturated/α-hetero) is 1. The molecule has 0 aliphatic rings. The van der Waals surface area contributed by atoms with E-state index < -0.39 is 17.5 Å². The zero-order valence-electron chi connectivity index (χ0n) is 12.8. The third-order valence-corrected chi connectivity index (χ3v) is 3.55. The summed E-state index contributed by atoms with van der Waals surface area (Å²) in [6.45, 7) is 5.06. The second kappa shape index (κ2) is 7.58. The fourth-order valence-electron chi connectivity index (χ4n) is 1.85. The fourth-order valence-corrected chi connectivity index (χ4v) is 1.85. The molecule has 0 spiro atoms. The minimum atomic E-state index is -1.28. The van der Waals surface area contributed by atoms with Crippen LogP contribution in [0.5, 0.6) is 0 Å². The number of ketones is 1. The van der Waals surface area contributed by atoms with Crippen molar-refractivity contribution in [3.05, 3.63) is 35.9 Å². The molecule has 1 aromatic rings. The van der Waals surface area contributed by atoms with Gasteiger partial charge < -0.3 is 4.74 Å². The van der Waals surface area contributed by atoms with Gasteiger partial charge in [-0.3, -0.25) is 9.59 Å². The predicted octanol–water partition coefficient (Wildman–Crippen LogP) is 3.58. The number of carbonyl (C=O) groups excluding carboxylic acids is 2. The molecule has 1 unspecified atom stereocenters. The van der Waals surface area contributed by atoms with Crippen LogP contribution < -0.4 is 0 Å². The largest absolute Gasteiger partial charge is 0.457 e. The van der Waals surface area contributed by atoms with Crippen molar-refractivity contribution in [2.45, 2.75) is 46.1 Å². The summed E-state index contributed by atoms with van der Waals surface area (Å²) in [5, 5.41) is 9.26. The van der Waals surface area contributed by atoms with Crippen molar-refractivity contribution < 1.29 is 14.3 Å². The van der Waals surface area contributed by atoms with Crippen molar-refractivity contribution >= 4 is 11.8 Å². The quantitative estimate of drug-likeness (QED) is 0.719. The third-order valence-electron chi connectivity index (χ3n) is 3.55. The molecule has 0 aromatic heterocycles. The summed E-state index contributed by atoms with van der Waals surface area (Å²) in [4.78, 5) is 23.6. The molecule has 0 amide bonds. The first-order chi connectivity index (χ1) is 9.92. The molecule has 21 heavy (non-hydrogen) atoms. The predicted molar refractivity (Wildman–Crippen MR) is 79.2 cm³/mol. The maximum Gasteiger partial charge on any atom is 0.326 e. The van der Waals surface area contributed by atoms with Crippen LogP contribution in [0.4, 0.5) is 0 Å². The number of nitriles is 1. The smallest absolute Gasteiger partial charge is 0.326 e. The Balaban J connectivity index is 2.71. The highest BCUT2D eigenvalue weighted by Gasteiger charge is 2.36. The van der Waals surface area contributed by atoms with Crippen molar-refractivity contribution in [1.29, 1.82) is 5.26 Å². The molecule has 0 saturated heterocycles. The lowest BCUT2D eigenvalue weighted by Crippen LogP contribution is -2.30. The number of benzene rings is 1. The van der Waals surface area contributed by atoms with Gasteiger partial charge in [0.05, 0.1) is 6.07 Å². The van der Waals surface area contributed by atoms with Crippen molar-refractivity contribution in [3.63, 3.8) is 0 Å². The number of ether oxygens (including phenoxy) is 1. The van der Waals surface area contributed by atoms with Crippen LogP contribution in [0.2, 0.25) is 0 Å². The lowest BCUT2D eigenvalue weighted by atomic mass is 9.86. The standard InChI is InChI=1S/C17H21NO3/c1-4-15(19)10-11-17(3,12-18)16(20)21-13(2)14-8-6-5-7-9-14/h5-9,13H,4,10-11H2,1-3H3/t13-,17?/m1/s1. The molecule has 0 radical (unpaired) electrons. The number of nitrogens with zero attached hydrogens (tertiary/aromatic N) is 1. The first-order valence-corrected chi connectivity index (χ1v) is 7.12. The molecule has 112 valence electrons. The van der Waals surface area contributed by atoms with Crippen LogP contribution in [0.25, 0.3) is 0 Å². The van der Waals surface area contributed by atoms with E-state index >= 15 is 0 Å². The Labute approximate surface area is 125 Å². The second-order valence-corrected chi connectivity index (χ2v) is 5.29. The van der Waals surface area contributed by atoms with Gasteiger partial charge >= 0.3 is 5.97 Å². The van der Waals surface area contributed by atoms with Crippen molar-refractivity contribution in [3.8, 4) is 6.07 Å². The molecule has 0 heterocycles. The Bertz CT molecular complexity index is 533. The Kier molecular flexibility index (Phi) is 6.10. The van der Waals surface area contributed by atoms with E-state index in [9.17, 15) is 14.9 Å². The van der Waals surface area contributed by atoms with Gasteiger partial charge in [-0.1, -0.05) is 37.3 Å². The van der Waals surface area contributed by atoms with Gasteiger partial charge in [0.2, 0.25) is 0 Å². The summed E-state index contributed by atoms with van der Waals surface area (Å²) >= 11 is 0. The molecule has 4 nitrogen and oxygen atoms in total. The van der Waals surface area contributed by atoms with Gasteiger partial charge in [-0.25, -0.2) is 0 Å². The van der Waals surface area contributed by atoms with E-state index in [4.69, 9.17) is 4.74 Å². The van der Waals surface area contributed by atoms with Gasteiger partial charge in [0.15, 0.2) is 5.41 Å². The minimum Gasteiger partial charge on any atom is -0.457 e. The second-order valence-electron chi connectivity index (χ2n) is 5.29. The number of carbonyl (C=O) groups is 2. The number of hydrogen-bond acceptors (Lipinski definition) is 4. The third kappa shape index (κ3) is 4.71. The molecule has 1 rings (SSSR count). The molecular formula is C17H21NO3. The van der Waals surface area contributed by atoms with Gasteiger partial charge in [-0.15, -0.1) is 0 Å². The monoisotopic (exact) mass is 287 g/mol. The van der Waals surface area contributed by atoms with Gasteiger partial charge in [-0.2, -0.15) is 5.26 Å². The number of esters is 1. The van der Waals surface area contributed by atoms with Crippen LogP contribution in [0.15, 0.2) is 30.3 Å². The maximum atomic E-state index is 12.2. The van der Waals surface area contributed by atoms with E-state index in [1.807, 2.05) is 36.4 Å². The minimum absolute atomic E-state index is 0.0420. The van der Waals surface area contributed by atoms with Crippen LogP contribution >= 0.6 is 0 Å². The molecule has 2 atom stereocenters. The molecule has 0 fully saturated rings.